The number of fused-ring (bicyclic) bond motifs is 1. The SMILES string of the molecule is Cc1cc(-c2cc(=O)c3c(O)cc(O)cc3o2)ccc1O[C@@H]1O[C@H](C)[C@H](O)[C@@H](O)[C@@H]1O. The summed E-state index contributed by atoms with van der Waals surface area (Å²) >= 11 is 0. The van der Waals surface area contributed by atoms with Gasteiger partial charge in [-0.2, -0.15) is 0 Å². The van der Waals surface area contributed by atoms with Crippen LogP contribution in [0.3, 0.4) is 0 Å². The summed E-state index contributed by atoms with van der Waals surface area (Å²) in [5, 5.41) is 49.4. The van der Waals surface area contributed by atoms with Gasteiger partial charge >= 0.3 is 0 Å². The first-order valence-corrected chi connectivity index (χ1v) is 9.63. The van der Waals surface area contributed by atoms with E-state index >= 15 is 0 Å². The van der Waals surface area contributed by atoms with Gasteiger partial charge in [-0.05, 0) is 37.6 Å². The summed E-state index contributed by atoms with van der Waals surface area (Å²) in [6.07, 6.45) is -5.99. The number of ether oxygens (including phenoxy) is 2. The molecule has 1 aromatic heterocycles. The van der Waals surface area contributed by atoms with Crippen LogP contribution < -0.4 is 10.2 Å². The Balaban J connectivity index is 1.64. The van der Waals surface area contributed by atoms with E-state index < -0.39 is 36.1 Å². The van der Waals surface area contributed by atoms with Crippen molar-refractivity contribution in [3.8, 4) is 28.6 Å². The minimum Gasteiger partial charge on any atom is -0.508 e. The number of phenols is 2. The quantitative estimate of drug-likeness (QED) is 0.415. The maximum Gasteiger partial charge on any atom is 0.229 e. The highest BCUT2D eigenvalue weighted by Crippen LogP contribution is 2.33. The molecule has 164 valence electrons. The molecule has 3 aromatic rings. The molecule has 31 heavy (non-hydrogen) atoms. The molecule has 0 unspecified atom stereocenters. The van der Waals surface area contributed by atoms with Crippen LogP contribution in [0.2, 0.25) is 0 Å². The topological polar surface area (TPSA) is 150 Å². The molecule has 5 atom stereocenters. The van der Waals surface area contributed by atoms with Crippen molar-refractivity contribution < 1.29 is 39.4 Å². The smallest absolute Gasteiger partial charge is 0.229 e. The molecule has 9 heteroatoms. The van der Waals surface area contributed by atoms with Gasteiger partial charge in [0, 0.05) is 23.8 Å². The number of phenolic OH excluding ortho intramolecular Hbond substituents is 2. The lowest BCUT2D eigenvalue weighted by Crippen LogP contribution is -2.58. The van der Waals surface area contributed by atoms with Gasteiger partial charge in [-0.25, -0.2) is 0 Å². The lowest BCUT2D eigenvalue weighted by atomic mass is 10.00. The Morgan fingerprint density at radius 1 is 0.968 bits per heavy atom. The van der Waals surface area contributed by atoms with Crippen LogP contribution in [0.5, 0.6) is 17.2 Å². The summed E-state index contributed by atoms with van der Waals surface area (Å²) in [6.45, 7) is 3.29. The first kappa shape index (κ1) is 21.1. The van der Waals surface area contributed by atoms with Crippen LogP contribution in [0.25, 0.3) is 22.3 Å². The zero-order chi connectivity index (χ0) is 22.4. The molecular weight excluding hydrogens is 408 g/mol. The molecule has 0 aliphatic carbocycles. The van der Waals surface area contributed by atoms with Gasteiger partial charge in [0.2, 0.25) is 6.29 Å². The monoisotopic (exact) mass is 430 g/mol. The Labute approximate surface area is 176 Å². The number of hydrogen-bond acceptors (Lipinski definition) is 9. The minimum absolute atomic E-state index is 0.0310. The number of aromatic hydroxyl groups is 2. The molecule has 0 spiro atoms. The molecule has 1 aliphatic rings. The summed E-state index contributed by atoms with van der Waals surface area (Å²) in [5.41, 5.74) is 0.744. The number of rotatable bonds is 3. The van der Waals surface area contributed by atoms with Crippen molar-refractivity contribution in [2.75, 3.05) is 0 Å². The van der Waals surface area contributed by atoms with Gasteiger partial charge in [-0.15, -0.1) is 0 Å². The van der Waals surface area contributed by atoms with Gasteiger partial charge in [0.05, 0.1) is 6.10 Å². The number of aryl methyl sites for hydroxylation is 1. The predicted octanol–water partition coefficient (Wildman–Crippen LogP) is 1.39. The van der Waals surface area contributed by atoms with Crippen molar-refractivity contribution in [3.63, 3.8) is 0 Å². The second-order valence-corrected chi connectivity index (χ2v) is 7.59. The van der Waals surface area contributed by atoms with E-state index in [0.717, 1.165) is 6.07 Å². The minimum atomic E-state index is -1.44. The lowest BCUT2D eigenvalue weighted by molar-refractivity contribution is -0.268. The van der Waals surface area contributed by atoms with Gasteiger partial charge in [-0.1, -0.05) is 0 Å². The second kappa shape index (κ2) is 7.86. The van der Waals surface area contributed by atoms with Crippen LogP contribution in [-0.4, -0.2) is 56.2 Å². The molecule has 0 amide bonds. The van der Waals surface area contributed by atoms with E-state index in [4.69, 9.17) is 13.9 Å². The van der Waals surface area contributed by atoms with Gasteiger partial charge in [0.15, 0.2) is 5.43 Å². The van der Waals surface area contributed by atoms with Crippen LogP contribution in [0.1, 0.15) is 12.5 Å². The summed E-state index contributed by atoms with van der Waals surface area (Å²) < 4.78 is 16.9. The summed E-state index contributed by atoms with van der Waals surface area (Å²) in [6, 6.07) is 8.44. The third-order valence-corrected chi connectivity index (χ3v) is 5.31. The van der Waals surface area contributed by atoms with E-state index in [0.29, 0.717) is 16.9 Å². The van der Waals surface area contributed by atoms with E-state index in [2.05, 4.69) is 0 Å². The Bertz CT molecular complexity index is 1190. The molecule has 1 aliphatic heterocycles. The summed E-state index contributed by atoms with van der Waals surface area (Å²) in [4.78, 5) is 12.4. The van der Waals surface area contributed by atoms with E-state index in [1.807, 2.05) is 0 Å². The van der Waals surface area contributed by atoms with Crippen LogP contribution in [0.15, 0.2) is 45.6 Å². The molecule has 2 aromatic carbocycles. The number of benzene rings is 2. The normalized spacial score (nSPS) is 26.2. The van der Waals surface area contributed by atoms with Crippen LogP contribution in [0.4, 0.5) is 0 Å². The summed E-state index contributed by atoms with van der Waals surface area (Å²) in [7, 11) is 0. The average molecular weight is 430 g/mol. The Morgan fingerprint density at radius 3 is 2.42 bits per heavy atom. The zero-order valence-electron chi connectivity index (χ0n) is 16.7. The highest BCUT2D eigenvalue weighted by molar-refractivity contribution is 5.86. The van der Waals surface area contributed by atoms with Gasteiger partial charge < -0.3 is 39.4 Å². The lowest BCUT2D eigenvalue weighted by Gasteiger charge is -2.39. The molecule has 0 saturated carbocycles. The van der Waals surface area contributed by atoms with Crippen molar-refractivity contribution in [1.29, 1.82) is 0 Å². The highest BCUT2D eigenvalue weighted by Gasteiger charge is 2.43. The molecule has 5 N–H and O–H groups in total. The first-order chi connectivity index (χ1) is 14.7. The predicted molar refractivity (Wildman–Crippen MR) is 109 cm³/mol. The van der Waals surface area contributed by atoms with Crippen molar-refractivity contribution in [2.45, 2.75) is 44.6 Å². The molecule has 4 rings (SSSR count). The van der Waals surface area contributed by atoms with Crippen molar-refractivity contribution in [2.24, 2.45) is 0 Å². The van der Waals surface area contributed by atoms with Crippen LogP contribution in [-0.2, 0) is 4.74 Å². The third-order valence-electron chi connectivity index (χ3n) is 5.31. The largest absolute Gasteiger partial charge is 0.508 e. The number of aliphatic hydroxyl groups is 3. The van der Waals surface area contributed by atoms with E-state index in [9.17, 15) is 30.3 Å². The van der Waals surface area contributed by atoms with Crippen LogP contribution >= 0.6 is 0 Å². The fraction of sp³-hybridized carbons (Fsp3) is 0.318. The second-order valence-electron chi connectivity index (χ2n) is 7.59. The standard InChI is InChI=1S/C22H22O9/c1-9-5-11(16-8-14(25)18-13(24)6-12(23)7-17(18)30-16)3-4-15(9)31-22-21(28)20(27)19(26)10(2)29-22/h3-8,10,19-24,26-28H,1-2H3/t10-,19+,20-,21+,22+/m1/s1. The highest BCUT2D eigenvalue weighted by atomic mass is 16.7. The molecule has 1 fully saturated rings. The van der Waals surface area contributed by atoms with Gasteiger partial charge in [0.1, 0.15) is 52.3 Å². The number of hydrogen-bond donors (Lipinski definition) is 5. The van der Waals surface area contributed by atoms with Gasteiger partial charge in [0.25, 0.3) is 0 Å². The number of aliphatic hydroxyl groups excluding tert-OH is 3. The molecular formula is C22H22O9. The Hall–Kier alpha value is -3.11. The van der Waals surface area contributed by atoms with Crippen LogP contribution in [0, 0.1) is 6.92 Å². The maximum atomic E-state index is 12.4. The molecule has 1 saturated heterocycles. The molecule has 9 nitrogen and oxygen atoms in total. The van der Waals surface area contributed by atoms with Crippen molar-refractivity contribution >= 4 is 11.0 Å². The van der Waals surface area contributed by atoms with E-state index in [1.165, 1.54) is 12.1 Å². The third kappa shape index (κ3) is 3.84. The molecule has 0 radical (unpaired) electrons. The maximum absolute atomic E-state index is 12.4. The van der Waals surface area contributed by atoms with E-state index in [-0.39, 0.29) is 28.2 Å². The molecule has 2 heterocycles. The average Bonchev–Trinajstić information content (AvgIpc) is 2.70. The summed E-state index contributed by atoms with van der Waals surface area (Å²) in [5.74, 6) is -0.0270. The van der Waals surface area contributed by atoms with Crippen molar-refractivity contribution in [1.82, 2.24) is 0 Å². The van der Waals surface area contributed by atoms with E-state index in [1.54, 1.807) is 32.0 Å². The molecule has 0 bridgehead atoms. The first-order valence-electron chi connectivity index (χ1n) is 9.63. The zero-order valence-corrected chi connectivity index (χ0v) is 16.7. The Morgan fingerprint density at radius 2 is 1.71 bits per heavy atom. The fourth-order valence-corrected chi connectivity index (χ4v) is 3.57. The van der Waals surface area contributed by atoms with Crippen molar-refractivity contribution in [3.05, 3.63) is 52.2 Å². The fourth-order valence-electron chi connectivity index (χ4n) is 3.57. The Kier molecular flexibility index (Phi) is 5.36. The van der Waals surface area contributed by atoms with Gasteiger partial charge in [-0.3, -0.25) is 4.79 Å².